The van der Waals surface area contributed by atoms with Crippen LogP contribution in [0, 0.1) is 23.7 Å². The molecule has 1 unspecified atom stereocenters. The molecule has 8 heteroatoms. The second-order valence-corrected chi connectivity index (χ2v) is 11.6. The van der Waals surface area contributed by atoms with Gasteiger partial charge in [-0.15, -0.1) is 0 Å². The summed E-state index contributed by atoms with van der Waals surface area (Å²) in [6.07, 6.45) is 5.18. The van der Waals surface area contributed by atoms with Crippen LogP contribution in [0.5, 0.6) is 11.5 Å². The standard InChI is InChI=1S/C35H47NO7/c1-24(2)29(33(37)27-17-18-31(41-6)32(22-27)42-20-12-19-40-5)15-10-11-16-30(25(3)4)34(38)36-28(23-43-35(36)39)21-26-13-8-7-9-14-26/h7-11,13-14,17-18,22,24-25,28-30H,12,15-16,19-21,23H2,1-6H3/b11-10+/t28-,29?,30-/m1/s1/i6D3. The average molecular weight is 597 g/mol. The first-order valence-corrected chi connectivity index (χ1v) is 15.0. The number of ketones is 1. The highest BCUT2D eigenvalue weighted by molar-refractivity contribution is 5.98. The first-order valence-electron chi connectivity index (χ1n) is 16.5. The first kappa shape index (κ1) is 29.4. The summed E-state index contributed by atoms with van der Waals surface area (Å²) in [4.78, 5) is 41.2. The Balaban J connectivity index is 1.71. The fraction of sp³-hybridized carbons (Fsp3) is 0.514. The molecule has 1 aliphatic rings. The zero-order valence-corrected chi connectivity index (χ0v) is 25.9. The summed E-state index contributed by atoms with van der Waals surface area (Å²) in [5.41, 5.74) is 1.41. The molecule has 0 bridgehead atoms. The molecule has 234 valence electrons. The number of nitrogens with zero attached hydrogens (tertiary/aromatic N) is 1. The van der Waals surface area contributed by atoms with Gasteiger partial charge in [0, 0.05) is 37.5 Å². The van der Waals surface area contributed by atoms with Crippen molar-refractivity contribution in [3.63, 3.8) is 0 Å². The predicted molar refractivity (Wildman–Crippen MR) is 166 cm³/mol. The Kier molecular flexibility index (Phi) is 11.5. The Morgan fingerprint density at radius 3 is 2.35 bits per heavy atom. The number of carbonyl (C=O) groups excluding carboxylic acids is 3. The van der Waals surface area contributed by atoms with Gasteiger partial charge in [-0.25, -0.2) is 9.69 Å². The van der Waals surface area contributed by atoms with Gasteiger partial charge in [0.25, 0.3) is 0 Å². The lowest BCUT2D eigenvalue weighted by Gasteiger charge is -2.26. The van der Waals surface area contributed by atoms with E-state index in [4.69, 9.17) is 23.1 Å². The maximum atomic E-state index is 13.7. The third kappa shape index (κ3) is 9.42. The maximum Gasteiger partial charge on any atom is 0.416 e. The molecule has 3 atom stereocenters. The van der Waals surface area contributed by atoms with Crippen molar-refractivity contribution in [2.24, 2.45) is 23.7 Å². The Labute approximate surface area is 260 Å². The molecule has 0 saturated carbocycles. The van der Waals surface area contributed by atoms with Crippen molar-refractivity contribution in [3.8, 4) is 11.5 Å². The summed E-state index contributed by atoms with van der Waals surface area (Å²) in [5.74, 6) is -0.974. The van der Waals surface area contributed by atoms with E-state index in [1.54, 1.807) is 13.2 Å². The second-order valence-electron chi connectivity index (χ2n) is 11.6. The van der Waals surface area contributed by atoms with Crippen LogP contribution in [0.2, 0.25) is 0 Å². The van der Waals surface area contributed by atoms with E-state index < -0.39 is 19.0 Å². The number of imide groups is 1. The van der Waals surface area contributed by atoms with Crippen LogP contribution in [-0.2, 0) is 20.7 Å². The predicted octanol–water partition coefficient (Wildman–Crippen LogP) is 6.76. The van der Waals surface area contributed by atoms with Crippen LogP contribution in [-0.4, -0.2) is 62.7 Å². The quantitative estimate of drug-likeness (QED) is 0.113. The highest BCUT2D eigenvalue weighted by Crippen LogP contribution is 2.31. The third-order valence-electron chi connectivity index (χ3n) is 7.81. The summed E-state index contributed by atoms with van der Waals surface area (Å²) >= 11 is 0. The van der Waals surface area contributed by atoms with Gasteiger partial charge in [0.2, 0.25) is 5.91 Å². The van der Waals surface area contributed by atoms with E-state index in [0.717, 1.165) is 5.56 Å². The van der Waals surface area contributed by atoms with E-state index in [1.807, 2.05) is 70.2 Å². The fourth-order valence-electron chi connectivity index (χ4n) is 5.23. The number of cyclic esters (lactones) is 1. The van der Waals surface area contributed by atoms with E-state index in [1.165, 1.54) is 17.0 Å². The Morgan fingerprint density at radius 1 is 1.00 bits per heavy atom. The highest BCUT2D eigenvalue weighted by atomic mass is 16.6. The van der Waals surface area contributed by atoms with Crippen molar-refractivity contribution >= 4 is 17.8 Å². The molecule has 0 aromatic heterocycles. The zero-order chi connectivity index (χ0) is 33.9. The molecule has 1 heterocycles. The molecule has 0 radical (unpaired) electrons. The SMILES string of the molecule is [2H]C([2H])([2H])Oc1ccc(C(=O)C(C/C=C/C[C@@H](C(=O)N2C(=O)OC[C@H]2Cc2ccccc2)C(C)C)C(C)C)cc1OCCCOC. The number of amides is 2. The lowest BCUT2D eigenvalue weighted by Crippen LogP contribution is -2.44. The third-order valence-corrected chi connectivity index (χ3v) is 7.81. The number of carbonyl (C=O) groups is 3. The lowest BCUT2D eigenvalue weighted by molar-refractivity contribution is -0.134. The van der Waals surface area contributed by atoms with Gasteiger partial charge in [0.15, 0.2) is 17.3 Å². The molecule has 0 N–H and O–H groups in total. The van der Waals surface area contributed by atoms with E-state index in [2.05, 4.69) is 0 Å². The summed E-state index contributed by atoms with van der Waals surface area (Å²) < 4.78 is 43.7. The molecule has 43 heavy (non-hydrogen) atoms. The van der Waals surface area contributed by atoms with Gasteiger partial charge in [0.05, 0.1) is 23.8 Å². The lowest BCUT2D eigenvalue weighted by atomic mass is 9.84. The number of methoxy groups -OCH3 is 2. The number of ether oxygens (including phenoxy) is 4. The normalized spacial score (nSPS) is 17.8. The topological polar surface area (TPSA) is 91.4 Å². The van der Waals surface area contributed by atoms with E-state index in [-0.39, 0.29) is 60.2 Å². The number of hydrogen-bond donors (Lipinski definition) is 0. The van der Waals surface area contributed by atoms with E-state index in [9.17, 15) is 14.4 Å². The van der Waals surface area contributed by atoms with Crippen LogP contribution < -0.4 is 9.47 Å². The van der Waals surface area contributed by atoms with Crippen LogP contribution in [0.4, 0.5) is 4.79 Å². The van der Waals surface area contributed by atoms with Crippen LogP contribution in [0.15, 0.2) is 60.7 Å². The van der Waals surface area contributed by atoms with Crippen molar-refractivity contribution in [2.45, 2.75) is 59.4 Å². The fourth-order valence-corrected chi connectivity index (χ4v) is 5.23. The molecule has 1 saturated heterocycles. The molecule has 0 aliphatic carbocycles. The minimum Gasteiger partial charge on any atom is -0.493 e. The van der Waals surface area contributed by atoms with Crippen LogP contribution in [0.25, 0.3) is 0 Å². The summed E-state index contributed by atoms with van der Waals surface area (Å²) in [7, 11) is -1.09. The smallest absolute Gasteiger partial charge is 0.416 e. The molecule has 1 fully saturated rings. The van der Waals surface area contributed by atoms with Crippen molar-refractivity contribution in [2.75, 3.05) is 34.0 Å². The second kappa shape index (κ2) is 16.8. The van der Waals surface area contributed by atoms with Crippen molar-refractivity contribution < 1.29 is 37.4 Å². The summed E-state index contributed by atoms with van der Waals surface area (Å²) in [5, 5.41) is 0. The molecule has 8 nitrogen and oxygen atoms in total. The first-order chi connectivity index (χ1) is 21.8. The van der Waals surface area contributed by atoms with E-state index >= 15 is 0 Å². The highest BCUT2D eigenvalue weighted by Gasteiger charge is 2.41. The van der Waals surface area contributed by atoms with Crippen LogP contribution in [0.1, 0.15) is 67.0 Å². The maximum absolute atomic E-state index is 13.7. The number of benzene rings is 2. The summed E-state index contributed by atoms with van der Waals surface area (Å²) in [6.45, 7) is 8.75. The molecule has 2 aromatic rings. The molecule has 1 aliphatic heterocycles. The number of hydrogen-bond acceptors (Lipinski definition) is 7. The Bertz CT molecular complexity index is 1330. The number of rotatable bonds is 17. The molecule has 2 amide bonds. The number of allylic oxidation sites excluding steroid dienone is 2. The summed E-state index contributed by atoms with van der Waals surface area (Å²) in [6, 6.07) is 13.9. The molecule has 0 spiro atoms. The Morgan fingerprint density at radius 2 is 1.70 bits per heavy atom. The van der Waals surface area contributed by atoms with Crippen molar-refractivity contribution in [3.05, 3.63) is 71.8 Å². The molecular weight excluding hydrogens is 546 g/mol. The minimum absolute atomic E-state index is 0.00201. The van der Waals surface area contributed by atoms with Gasteiger partial charge >= 0.3 is 6.09 Å². The van der Waals surface area contributed by atoms with Gasteiger partial charge in [-0.2, -0.15) is 0 Å². The van der Waals surface area contributed by atoms with Gasteiger partial charge < -0.3 is 18.9 Å². The van der Waals surface area contributed by atoms with Crippen molar-refractivity contribution in [1.29, 1.82) is 0 Å². The molecule has 3 rings (SSSR count). The molecular formula is C35H47NO7. The van der Waals surface area contributed by atoms with Gasteiger partial charge in [0.1, 0.15) is 6.61 Å². The van der Waals surface area contributed by atoms with Crippen LogP contribution in [0.3, 0.4) is 0 Å². The minimum atomic E-state index is -2.67. The zero-order valence-electron chi connectivity index (χ0n) is 28.9. The monoisotopic (exact) mass is 596 g/mol. The average Bonchev–Trinajstić information content (AvgIpc) is 3.36. The van der Waals surface area contributed by atoms with Gasteiger partial charge in [-0.3, -0.25) is 9.59 Å². The van der Waals surface area contributed by atoms with Crippen molar-refractivity contribution in [1.82, 2.24) is 4.90 Å². The molecule has 2 aromatic carbocycles. The largest absolute Gasteiger partial charge is 0.493 e. The Hall–Kier alpha value is -3.65. The number of Topliss-reactive ketones (excluding diaryl/α,β-unsaturated/α-hetero) is 1. The van der Waals surface area contributed by atoms with Crippen LogP contribution >= 0.6 is 0 Å². The van der Waals surface area contributed by atoms with E-state index in [0.29, 0.717) is 37.9 Å². The van der Waals surface area contributed by atoms with Gasteiger partial charge in [-0.05, 0) is 54.9 Å². The van der Waals surface area contributed by atoms with Gasteiger partial charge in [-0.1, -0.05) is 70.2 Å².